The van der Waals surface area contributed by atoms with Crippen LogP contribution in [0, 0.1) is 5.92 Å². The van der Waals surface area contributed by atoms with E-state index in [-0.39, 0.29) is 5.91 Å². The van der Waals surface area contributed by atoms with Crippen molar-refractivity contribution in [2.24, 2.45) is 11.7 Å². The number of amides is 2. The van der Waals surface area contributed by atoms with Gasteiger partial charge in [0.15, 0.2) is 0 Å². The molecule has 0 radical (unpaired) electrons. The van der Waals surface area contributed by atoms with Crippen LogP contribution in [-0.4, -0.2) is 39.6 Å². The first-order valence-electron chi connectivity index (χ1n) is 6.14. The number of nitrogens with two attached hydrogens (primary N) is 1. The van der Waals surface area contributed by atoms with Crippen LogP contribution in [0.25, 0.3) is 0 Å². The summed E-state index contributed by atoms with van der Waals surface area (Å²) in [6.07, 6.45) is 5.13. The molecule has 98 valence electrons. The quantitative estimate of drug-likeness (QED) is 0.834. The van der Waals surface area contributed by atoms with Gasteiger partial charge in [0.25, 0.3) is 5.91 Å². The molecule has 0 bridgehead atoms. The summed E-state index contributed by atoms with van der Waals surface area (Å²) in [5.74, 6) is 0.192. The highest BCUT2D eigenvalue weighted by Crippen LogP contribution is 2.19. The van der Waals surface area contributed by atoms with Gasteiger partial charge in [0, 0.05) is 32.8 Å². The lowest BCUT2D eigenvalue weighted by atomic mass is 9.97. The van der Waals surface area contributed by atoms with Crippen LogP contribution in [0.1, 0.15) is 30.1 Å². The highest BCUT2D eigenvalue weighted by atomic mass is 16.2. The van der Waals surface area contributed by atoms with Crippen molar-refractivity contribution in [3.63, 3.8) is 0 Å². The summed E-state index contributed by atoms with van der Waals surface area (Å²) in [4.78, 5) is 24.0. The summed E-state index contributed by atoms with van der Waals surface area (Å²) in [6.45, 7) is 4.00. The molecule has 0 aliphatic carbocycles. The maximum atomic E-state index is 11.2. The second-order valence-electron chi connectivity index (χ2n) is 4.76. The van der Waals surface area contributed by atoms with Crippen molar-refractivity contribution in [3.05, 3.63) is 18.0 Å². The number of likely N-dealkylation sites (tertiary alicyclic amines) is 1. The number of hydrogen-bond acceptors (Lipinski definition) is 3. The summed E-state index contributed by atoms with van der Waals surface area (Å²) < 4.78 is 1.76. The molecule has 0 atom stereocenters. The predicted octanol–water partition coefficient (Wildman–Crippen LogP) is 0.241. The first-order valence-corrected chi connectivity index (χ1v) is 6.14. The van der Waals surface area contributed by atoms with E-state index in [4.69, 9.17) is 5.73 Å². The highest BCUT2D eigenvalue weighted by molar-refractivity contribution is 5.92. The summed E-state index contributed by atoms with van der Waals surface area (Å²) in [7, 11) is 0. The van der Waals surface area contributed by atoms with E-state index in [0.717, 1.165) is 32.5 Å². The van der Waals surface area contributed by atoms with Crippen molar-refractivity contribution in [2.45, 2.75) is 26.3 Å². The van der Waals surface area contributed by atoms with Crippen molar-refractivity contribution in [2.75, 3.05) is 13.1 Å². The molecule has 0 spiro atoms. The molecule has 0 saturated carbocycles. The lowest BCUT2D eigenvalue weighted by Gasteiger charge is -2.31. The standard InChI is InChI=1S/C12H18N4O2/c1-9(17)15-4-2-10(3-5-15)7-16-8-11(6-14-16)12(13)18/h6,8,10H,2-5,7H2,1H3,(H2,13,18). The average molecular weight is 250 g/mol. The van der Waals surface area contributed by atoms with Crippen LogP contribution < -0.4 is 5.73 Å². The lowest BCUT2D eigenvalue weighted by molar-refractivity contribution is -0.130. The van der Waals surface area contributed by atoms with E-state index in [9.17, 15) is 9.59 Å². The highest BCUT2D eigenvalue weighted by Gasteiger charge is 2.21. The minimum Gasteiger partial charge on any atom is -0.366 e. The monoisotopic (exact) mass is 250 g/mol. The van der Waals surface area contributed by atoms with E-state index < -0.39 is 5.91 Å². The molecule has 2 N–H and O–H groups in total. The maximum absolute atomic E-state index is 11.2. The van der Waals surface area contributed by atoms with Crippen molar-refractivity contribution in [3.8, 4) is 0 Å². The van der Waals surface area contributed by atoms with Crippen LogP contribution in [0.5, 0.6) is 0 Å². The van der Waals surface area contributed by atoms with E-state index >= 15 is 0 Å². The number of carbonyl (C=O) groups excluding carboxylic acids is 2. The zero-order chi connectivity index (χ0) is 13.1. The molecule has 1 aromatic heterocycles. The second kappa shape index (κ2) is 5.20. The topological polar surface area (TPSA) is 81.2 Å². The Kier molecular flexibility index (Phi) is 3.64. The first-order chi connectivity index (χ1) is 8.56. The Labute approximate surface area is 106 Å². The summed E-state index contributed by atoms with van der Waals surface area (Å²) in [5.41, 5.74) is 5.62. The first kappa shape index (κ1) is 12.6. The van der Waals surface area contributed by atoms with Crippen LogP contribution in [0.15, 0.2) is 12.4 Å². The Morgan fingerprint density at radius 1 is 1.44 bits per heavy atom. The second-order valence-corrected chi connectivity index (χ2v) is 4.76. The van der Waals surface area contributed by atoms with E-state index in [0.29, 0.717) is 11.5 Å². The zero-order valence-electron chi connectivity index (χ0n) is 10.5. The molecule has 1 fully saturated rings. The van der Waals surface area contributed by atoms with Gasteiger partial charge in [-0.25, -0.2) is 0 Å². The zero-order valence-corrected chi connectivity index (χ0v) is 10.5. The SMILES string of the molecule is CC(=O)N1CCC(Cn2cc(C(N)=O)cn2)CC1. The molecule has 0 unspecified atom stereocenters. The minimum atomic E-state index is -0.451. The van der Waals surface area contributed by atoms with Crippen molar-refractivity contribution < 1.29 is 9.59 Å². The van der Waals surface area contributed by atoms with Gasteiger partial charge in [-0.3, -0.25) is 14.3 Å². The molecule has 1 aromatic rings. The third kappa shape index (κ3) is 2.88. The van der Waals surface area contributed by atoms with Crippen molar-refractivity contribution in [1.29, 1.82) is 0 Å². The van der Waals surface area contributed by atoms with E-state index in [1.165, 1.54) is 6.20 Å². The minimum absolute atomic E-state index is 0.142. The van der Waals surface area contributed by atoms with Gasteiger partial charge in [-0.15, -0.1) is 0 Å². The van der Waals surface area contributed by atoms with Gasteiger partial charge in [-0.1, -0.05) is 0 Å². The van der Waals surface area contributed by atoms with Crippen LogP contribution in [0.3, 0.4) is 0 Å². The fourth-order valence-electron chi connectivity index (χ4n) is 2.29. The predicted molar refractivity (Wildman–Crippen MR) is 65.7 cm³/mol. The number of hydrogen-bond donors (Lipinski definition) is 1. The normalized spacial score (nSPS) is 16.8. The fourth-order valence-corrected chi connectivity index (χ4v) is 2.29. The summed E-state index contributed by atoms with van der Waals surface area (Å²) >= 11 is 0. The molecule has 18 heavy (non-hydrogen) atoms. The van der Waals surface area contributed by atoms with Gasteiger partial charge in [0.05, 0.1) is 11.8 Å². The van der Waals surface area contributed by atoms with Crippen LogP contribution >= 0.6 is 0 Å². The third-order valence-corrected chi connectivity index (χ3v) is 3.42. The van der Waals surface area contributed by atoms with Crippen LogP contribution in [0.2, 0.25) is 0 Å². The van der Waals surface area contributed by atoms with E-state index in [1.807, 2.05) is 4.90 Å². The molecule has 6 nitrogen and oxygen atoms in total. The lowest BCUT2D eigenvalue weighted by Crippen LogP contribution is -2.38. The molecule has 1 aliphatic heterocycles. The fraction of sp³-hybridized carbons (Fsp3) is 0.583. The Morgan fingerprint density at radius 2 is 2.11 bits per heavy atom. The van der Waals surface area contributed by atoms with Crippen molar-refractivity contribution >= 4 is 11.8 Å². The molecular weight excluding hydrogens is 232 g/mol. The molecule has 2 amide bonds. The largest absolute Gasteiger partial charge is 0.366 e. The molecule has 1 saturated heterocycles. The Morgan fingerprint density at radius 3 is 2.61 bits per heavy atom. The smallest absolute Gasteiger partial charge is 0.251 e. The van der Waals surface area contributed by atoms with E-state index in [2.05, 4.69) is 5.10 Å². The van der Waals surface area contributed by atoms with Crippen LogP contribution in [-0.2, 0) is 11.3 Å². The summed E-state index contributed by atoms with van der Waals surface area (Å²) in [6, 6.07) is 0. The average Bonchev–Trinajstić information content (AvgIpc) is 2.78. The van der Waals surface area contributed by atoms with Gasteiger partial charge < -0.3 is 10.6 Å². The number of rotatable bonds is 3. The maximum Gasteiger partial charge on any atom is 0.251 e. The van der Waals surface area contributed by atoms with E-state index in [1.54, 1.807) is 17.8 Å². The van der Waals surface area contributed by atoms with Crippen molar-refractivity contribution in [1.82, 2.24) is 14.7 Å². The van der Waals surface area contributed by atoms with Gasteiger partial charge in [-0.2, -0.15) is 5.10 Å². The van der Waals surface area contributed by atoms with Gasteiger partial charge >= 0.3 is 0 Å². The van der Waals surface area contributed by atoms with Gasteiger partial charge in [0.2, 0.25) is 5.91 Å². The number of carbonyl (C=O) groups is 2. The molecule has 1 aliphatic rings. The molecule has 6 heteroatoms. The third-order valence-electron chi connectivity index (χ3n) is 3.42. The Bertz CT molecular complexity index is 447. The molecular formula is C12H18N4O2. The number of aromatic nitrogens is 2. The number of nitrogens with zero attached hydrogens (tertiary/aromatic N) is 3. The molecule has 2 heterocycles. The Hall–Kier alpha value is -1.85. The van der Waals surface area contributed by atoms with Gasteiger partial charge in [0.1, 0.15) is 0 Å². The Balaban J connectivity index is 1.87. The molecule has 2 rings (SSSR count). The summed E-state index contributed by atoms with van der Waals surface area (Å²) in [5, 5.41) is 4.12. The molecule has 0 aromatic carbocycles. The number of primary amides is 1. The van der Waals surface area contributed by atoms with Gasteiger partial charge in [-0.05, 0) is 18.8 Å². The van der Waals surface area contributed by atoms with Crippen LogP contribution in [0.4, 0.5) is 0 Å². The number of piperidine rings is 1.